The Labute approximate surface area is 147 Å². The molecule has 1 aliphatic heterocycles. The van der Waals surface area contributed by atoms with Crippen molar-refractivity contribution >= 4 is 43.8 Å². The van der Waals surface area contributed by atoms with Gasteiger partial charge in [-0.3, -0.25) is 9.79 Å². The van der Waals surface area contributed by atoms with Gasteiger partial charge in [0.05, 0.1) is 11.8 Å². The highest BCUT2D eigenvalue weighted by molar-refractivity contribution is 8.38. The fraction of sp³-hybridized carbons (Fsp3) is 0.867. The lowest BCUT2D eigenvalue weighted by Gasteiger charge is -2.37. The molecule has 0 radical (unpaired) electrons. The van der Waals surface area contributed by atoms with Gasteiger partial charge in [0.15, 0.2) is 0 Å². The molecule has 3 fully saturated rings. The molecule has 0 aromatic heterocycles. The number of nitrogens with zero attached hydrogens (tertiary/aromatic N) is 2. The fourth-order valence-electron chi connectivity index (χ4n) is 5.03. The third-order valence-corrected chi connectivity index (χ3v) is 10.2. The number of carbonyl (C=O) groups is 1. The van der Waals surface area contributed by atoms with Crippen molar-refractivity contribution in [2.24, 2.45) is 21.7 Å². The van der Waals surface area contributed by atoms with E-state index in [4.69, 9.17) is 0 Å². The van der Waals surface area contributed by atoms with Crippen molar-refractivity contribution in [1.82, 2.24) is 4.31 Å². The number of carbonyl (C=O) groups excluding carboxylic acids is 1. The molecule has 3 rings (SSSR count). The first-order valence-corrected chi connectivity index (χ1v) is 11.9. The maximum absolute atomic E-state index is 12.7. The maximum atomic E-state index is 12.7. The van der Waals surface area contributed by atoms with Crippen LogP contribution < -0.4 is 0 Å². The predicted octanol–water partition coefficient (Wildman–Crippen LogP) is 2.44. The van der Waals surface area contributed by atoms with Gasteiger partial charge in [0.25, 0.3) is 5.91 Å². The number of amides is 1. The highest BCUT2D eigenvalue weighted by Gasteiger charge is 2.72. The fourth-order valence-corrected chi connectivity index (χ4v) is 8.63. The van der Waals surface area contributed by atoms with Crippen LogP contribution in [0.2, 0.25) is 0 Å². The number of sulfonamides is 1. The molecule has 1 saturated heterocycles. The summed E-state index contributed by atoms with van der Waals surface area (Å²) >= 11 is 2.95. The molecule has 3 aliphatic rings. The Morgan fingerprint density at radius 1 is 1.30 bits per heavy atom. The summed E-state index contributed by atoms with van der Waals surface area (Å²) in [7, 11) is -3.52. The molecule has 0 aromatic rings. The average molecular weight is 377 g/mol. The number of rotatable bonds is 2. The standard InChI is InChI=1S/C15H24N2O3S3/c1-14(2)10-5-6-15(14)9-23(19,20)17(11(15)7-10)12(18)8-16-13(21-3)22-4/h10-11H,5-9H2,1-4H3/t10-,11+,15-/m0/s1. The zero-order valence-electron chi connectivity index (χ0n) is 14.0. The van der Waals surface area contributed by atoms with Crippen LogP contribution in [0.4, 0.5) is 0 Å². The van der Waals surface area contributed by atoms with E-state index in [1.54, 1.807) is 0 Å². The van der Waals surface area contributed by atoms with Crippen LogP contribution in [-0.4, -0.2) is 53.9 Å². The van der Waals surface area contributed by atoms with Gasteiger partial charge in [-0.05, 0) is 43.1 Å². The van der Waals surface area contributed by atoms with E-state index in [9.17, 15) is 13.2 Å². The minimum Gasteiger partial charge on any atom is -0.272 e. The zero-order valence-corrected chi connectivity index (χ0v) is 16.5. The topological polar surface area (TPSA) is 66.8 Å². The molecule has 0 unspecified atom stereocenters. The quantitative estimate of drug-likeness (QED) is 0.547. The van der Waals surface area contributed by atoms with Gasteiger partial charge < -0.3 is 0 Å². The van der Waals surface area contributed by atoms with E-state index >= 15 is 0 Å². The van der Waals surface area contributed by atoms with Crippen LogP contribution in [0.25, 0.3) is 0 Å². The average Bonchev–Trinajstić information content (AvgIpc) is 2.95. The Hall–Kier alpha value is -0.210. The lowest BCUT2D eigenvalue weighted by Crippen LogP contribution is -2.45. The largest absolute Gasteiger partial charge is 0.272 e. The van der Waals surface area contributed by atoms with Crippen LogP contribution >= 0.6 is 23.5 Å². The molecule has 1 amide bonds. The normalized spacial score (nSPS) is 36.1. The van der Waals surface area contributed by atoms with Crippen molar-refractivity contribution in [2.45, 2.75) is 39.2 Å². The predicted molar refractivity (Wildman–Crippen MR) is 97.3 cm³/mol. The molecule has 3 atom stereocenters. The first kappa shape index (κ1) is 17.6. The summed E-state index contributed by atoms with van der Waals surface area (Å²) < 4.78 is 27.4. The molecule has 2 aliphatic carbocycles. The minimum absolute atomic E-state index is 0.00721. The van der Waals surface area contributed by atoms with E-state index in [0.29, 0.717) is 5.92 Å². The lowest BCUT2D eigenvalue weighted by molar-refractivity contribution is -0.127. The molecule has 23 heavy (non-hydrogen) atoms. The lowest BCUT2D eigenvalue weighted by atomic mass is 9.69. The van der Waals surface area contributed by atoms with E-state index in [1.807, 2.05) is 12.5 Å². The van der Waals surface area contributed by atoms with E-state index in [-0.39, 0.29) is 35.1 Å². The van der Waals surface area contributed by atoms with E-state index in [1.165, 1.54) is 27.8 Å². The number of hydrogen-bond acceptors (Lipinski definition) is 6. The van der Waals surface area contributed by atoms with Gasteiger partial charge in [-0.1, -0.05) is 13.8 Å². The summed E-state index contributed by atoms with van der Waals surface area (Å²) in [5, 5.41) is 0. The molecule has 130 valence electrons. The smallest absolute Gasteiger partial charge is 0.258 e. The highest BCUT2D eigenvalue weighted by atomic mass is 32.2. The maximum Gasteiger partial charge on any atom is 0.258 e. The summed E-state index contributed by atoms with van der Waals surface area (Å²) in [4.78, 5) is 16.9. The van der Waals surface area contributed by atoms with Crippen molar-refractivity contribution in [3.8, 4) is 0 Å². The van der Waals surface area contributed by atoms with Crippen molar-refractivity contribution in [3.05, 3.63) is 0 Å². The molecule has 0 N–H and O–H groups in total. The van der Waals surface area contributed by atoms with E-state index < -0.39 is 10.0 Å². The third-order valence-electron chi connectivity index (χ3n) is 6.35. The molecule has 2 saturated carbocycles. The monoisotopic (exact) mass is 376 g/mol. The van der Waals surface area contributed by atoms with Gasteiger partial charge in [-0.2, -0.15) is 0 Å². The molecule has 0 aromatic carbocycles. The molecule has 2 bridgehead atoms. The number of hydrogen-bond donors (Lipinski definition) is 0. The second-order valence-electron chi connectivity index (χ2n) is 7.30. The van der Waals surface area contributed by atoms with Crippen molar-refractivity contribution in [3.63, 3.8) is 0 Å². The Morgan fingerprint density at radius 2 is 1.96 bits per heavy atom. The zero-order chi connectivity index (χ0) is 17.0. The SMILES string of the molecule is CSC(=NCC(=O)N1[C@@H]2C[C@@H]3CC[C@@]2(CS1(=O)=O)C3(C)C)SC. The van der Waals surface area contributed by atoms with Gasteiger partial charge >= 0.3 is 0 Å². The first-order chi connectivity index (χ1) is 10.7. The molecule has 5 nitrogen and oxygen atoms in total. The van der Waals surface area contributed by atoms with Crippen LogP contribution in [0.1, 0.15) is 33.1 Å². The number of fused-ring (bicyclic) bond motifs is 1. The molecular formula is C15H24N2O3S3. The van der Waals surface area contributed by atoms with Gasteiger partial charge in [0, 0.05) is 5.41 Å². The Bertz CT molecular complexity index is 653. The Morgan fingerprint density at radius 3 is 2.52 bits per heavy atom. The molecule has 1 heterocycles. The number of thioether (sulfide) groups is 2. The second kappa shape index (κ2) is 5.66. The Kier molecular flexibility index (Phi) is 4.33. The number of aliphatic imine (C=N–C) groups is 1. The summed E-state index contributed by atoms with van der Waals surface area (Å²) in [6.45, 7) is 4.30. The van der Waals surface area contributed by atoms with Crippen LogP contribution in [0, 0.1) is 16.7 Å². The third kappa shape index (κ3) is 2.39. The molecule has 1 spiro atoms. The van der Waals surface area contributed by atoms with Gasteiger partial charge in [0.2, 0.25) is 10.0 Å². The minimum atomic E-state index is -3.52. The summed E-state index contributed by atoms with van der Waals surface area (Å²) in [5.74, 6) is 0.284. The van der Waals surface area contributed by atoms with Gasteiger partial charge in [-0.15, -0.1) is 23.5 Å². The van der Waals surface area contributed by atoms with Crippen LogP contribution in [0.5, 0.6) is 0 Å². The summed E-state index contributed by atoms with van der Waals surface area (Å²) in [6, 6.07) is -0.157. The van der Waals surface area contributed by atoms with Crippen LogP contribution in [-0.2, 0) is 14.8 Å². The van der Waals surface area contributed by atoms with Crippen molar-refractivity contribution in [2.75, 3.05) is 24.8 Å². The Balaban J connectivity index is 1.89. The van der Waals surface area contributed by atoms with E-state index in [2.05, 4.69) is 18.8 Å². The molecule has 8 heteroatoms. The summed E-state index contributed by atoms with van der Waals surface area (Å²) in [6.07, 6.45) is 6.63. The first-order valence-electron chi connectivity index (χ1n) is 7.87. The second-order valence-corrected chi connectivity index (χ2v) is 11.0. The highest BCUT2D eigenvalue weighted by Crippen LogP contribution is 2.69. The van der Waals surface area contributed by atoms with Crippen molar-refractivity contribution in [1.29, 1.82) is 0 Å². The summed E-state index contributed by atoms with van der Waals surface area (Å²) in [5.41, 5.74) is -0.259. The van der Waals surface area contributed by atoms with Gasteiger partial charge in [0.1, 0.15) is 10.9 Å². The molecular weight excluding hydrogens is 352 g/mol. The van der Waals surface area contributed by atoms with E-state index in [0.717, 1.165) is 23.6 Å². The van der Waals surface area contributed by atoms with Crippen LogP contribution in [0.15, 0.2) is 4.99 Å². The van der Waals surface area contributed by atoms with Crippen molar-refractivity contribution < 1.29 is 13.2 Å². The van der Waals surface area contributed by atoms with Crippen LogP contribution in [0.3, 0.4) is 0 Å². The van der Waals surface area contributed by atoms with Gasteiger partial charge in [-0.25, -0.2) is 12.7 Å².